The summed E-state index contributed by atoms with van der Waals surface area (Å²) in [5, 5.41) is -0.0400. The number of benzene rings is 1. The maximum atomic E-state index is 12.4. The fourth-order valence-electron chi connectivity index (χ4n) is 4.01. The molecule has 2 aromatic heterocycles. The van der Waals surface area contributed by atoms with E-state index < -0.39 is 15.9 Å². The van der Waals surface area contributed by atoms with E-state index in [2.05, 4.69) is 15.0 Å². The Morgan fingerprint density at radius 1 is 1.08 bits per heavy atom. The lowest BCUT2D eigenvalue weighted by molar-refractivity contribution is -0.132. The van der Waals surface area contributed by atoms with E-state index in [0.29, 0.717) is 42.7 Å². The van der Waals surface area contributed by atoms with Gasteiger partial charge >= 0.3 is 0 Å². The second-order valence-corrected chi connectivity index (χ2v) is 10.9. The first-order valence-corrected chi connectivity index (χ1v) is 13.4. The molecule has 0 bridgehead atoms. The largest absolute Gasteiger partial charge is 0.480 e. The average molecular weight is 511 g/mol. The van der Waals surface area contributed by atoms with Crippen molar-refractivity contribution in [1.82, 2.24) is 14.9 Å². The van der Waals surface area contributed by atoms with Crippen molar-refractivity contribution in [3.8, 4) is 28.5 Å². The highest BCUT2D eigenvalue weighted by atomic mass is 32.2. The summed E-state index contributed by atoms with van der Waals surface area (Å²) in [7, 11) is -1.67. The Hall–Kier alpha value is -3.86. The van der Waals surface area contributed by atoms with E-state index in [1.165, 1.54) is 18.3 Å². The molecule has 188 valence electrons. The van der Waals surface area contributed by atoms with Crippen molar-refractivity contribution in [2.45, 2.75) is 30.6 Å². The van der Waals surface area contributed by atoms with Gasteiger partial charge in [0, 0.05) is 43.6 Å². The van der Waals surface area contributed by atoms with Crippen LogP contribution in [0.3, 0.4) is 0 Å². The Labute approximate surface area is 208 Å². The van der Waals surface area contributed by atoms with Gasteiger partial charge in [-0.1, -0.05) is 0 Å². The zero-order valence-electron chi connectivity index (χ0n) is 20.1. The summed E-state index contributed by atoms with van der Waals surface area (Å²) >= 11 is 0. The van der Waals surface area contributed by atoms with E-state index in [1.54, 1.807) is 18.0 Å². The molecule has 36 heavy (non-hydrogen) atoms. The van der Waals surface area contributed by atoms with Crippen LogP contribution in [0.15, 0.2) is 58.7 Å². The molecule has 2 aliphatic heterocycles. The summed E-state index contributed by atoms with van der Waals surface area (Å²) in [4.78, 5) is 25.8. The number of hydrogen-bond acceptors (Lipinski definition) is 8. The summed E-state index contributed by atoms with van der Waals surface area (Å²) in [6.07, 6.45) is 2.50. The number of nitrogens with zero attached hydrogens (tertiary/aromatic N) is 3. The third-order valence-corrected chi connectivity index (χ3v) is 6.90. The lowest BCUT2D eigenvalue weighted by Crippen LogP contribution is -2.29. The molecule has 1 amide bonds. The Balaban J connectivity index is 1.46. The number of carbonyl (C=O) groups excluding carboxylic acids is 1. The number of ether oxygens (including phenoxy) is 3. The van der Waals surface area contributed by atoms with Crippen molar-refractivity contribution in [3.05, 3.63) is 54.4 Å². The SMILES string of the molecule is C[C@H]1CN=C(c2ccc(-c3cc(Oc4ccc(S(C)(=O)=O)nc4)cc(OC4CCN(C)C4=O)c3)[nH]2)O1. The highest BCUT2D eigenvalue weighted by molar-refractivity contribution is 7.90. The quantitative estimate of drug-likeness (QED) is 0.518. The first kappa shape index (κ1) is 23.9. The van der Waals surface area contributed by atoms with Crippen LogP contribution in [0.25, 0.3) is 11.3 Å². The van der Waals surface area contributed by atoms with Crippen LogP contribution < -0.4 is 9.47 Å². The molecule has 1 fully saturated rings. The van der Waals surface area contributed by atoms with E-state index in [0.717, 1.165) is 23.2 Å². The molecular weight excluding hydrogens is 484 g/mol. The number of likely N-dealkylation sites (N-methyl/N-ethyl adjacent to an activating group) is 1. The number of H-pyrrole nitrogens is 1. The highest BCUT2D eigenvalue weighted by Crippen LogP contribution is 2.34. The number of amides is 1. The zero-order valence-corrected chi connectivity index (χ0v) is 20.9. The summed E-state index contributed by atoms with van der Waals surface area (Å²) < 4.78 is 41.2. The molecule has 1 unspecified atom stereocenters. The first-order valence-electron chi connectivity index (χ1n) is 11.5. The van der Waals surface area contributed by atoms with Crippen LogP contribution in [0.2, 0.25) is 0 Å². The number of aromatic amines is 1. The molecule has 3 aromatic rings. The fraction of sp³-hybridized carbons (Fsp3) is 0.320. The van der Waals surface area contributed by atoms with E-state index in [9.17, 15) is 13.2 Å². The third kappa shape index (κ3) is 5.06. The molecule has 0 radical (unpaired) electrons. The van der Waals surface area contributed by atoms with E-state index in [4.69, 9.17) is 14.2 Å². The predicted molar refractivity (Wildman–Crippen MR) is 132 cm³/mol. The van der Waals surface area contributed by atoms with Crippen LogP contribution >= 0.6 is 0 Å². The minimum absolute atomic E-state index is 0.0354. The van der Waals surface area contributed by atoms with E-state index in [1.807, 2.05) is 31.2 Å². The monoisotopic (exact) mass is 510 g/mol. The summed E-state index contributed by atoms with van der Waals surface area (Å²) in [5.74, 6) is 1.76. The van der Waals surface area contributed by atoms with Crippen LogP contribution in [-0.4, -0.2) is 73.7 Å². The van der Waals surface area contributed by atoms with Gasteiger partial charge in [-0.2, -0.15) is 0 Å². The maximum Gasteiger partial charge on any atom is 0.263 e. The smallest absolute Gasteiger partial charge is 0.263 e. The summed E-state index contributed by atoms with van der Waals surface area (Å²) in [5.41, 5.74) is 2.31. The molecule has 2 aliphatic rings. The van der Waals surface area contributed by atoms with Gasteiger partial charge in [0.05, 0.1) is 12.7 Å². The standard InChI is InChI=1S/C25H26N4O6S/c1-15-13-27-24(33-15)21-6-5-20(28-21)16-10-18(34-17-4-7-23(26-14-17)36(3,31)32)12-19(11-16)35-22-8-9-29(2)25(22)30/h4-7,10-12,14-15,22,28H,8-9,13H2,1-3H3/t15-,22?/m0/s1. The Kier molecular flexibility index (Phi) is 6.17. The number of pyridine rings is 1. The molecule has 10 nitrogen and oxygen atoms in total. The van der Waals surface area contributed by atoms with Crippen molar-refractivity contribution < 1.29 is 27.4 Å². The number of rotatable bonds is 7. The van der Waals surface area contributed by atoms with Gasteiger partial charge in [-0.3, -0.25) is 4.79 Å². The number of sulfone groups is 1. The van der Waals surface area contributed by atoms with E-state index >= 15 is 0 Å². The van der Waals surface area contributed by atoms with Gasteiger partial charge < -0.3 is 24.1 Å². The Morgan fingerprint density at radius 3 is 2.50 bits per heavy atom. The van der Waals surface area contributed by atoms with Gasteiger partial charge in [0.25, 0.3) is 5.91 Å². The van der Waals surface area contributed by atoms with Crippen LogP contribution in [0, 0.1) is 0 Å². The number of likely N-dealkylation sites (tertiary alicyclic amines) is 1. The van der Waals surface area contributed by atoms with Crippen LogP contribution in [0.1, 0.15) is 19.0 Å². The molecule has 2 atom stereocenters. The van der Waals surface area contributed by atoms with E-state index in [-0.39, 0.29) is 17.0 Å². The molecular formula is C25H26N4O6S. The normalized spacial score (nSPS) is 19.8. The summed E-state index contributed by atoms with van der Waals surface area (Å²) in [6, 6.07) is 12.1. The van der Waals surface area contributed by atoms with Crippen LogP contribution in [0.4, 0.5) is 0 Å². The highest BCUT2D eigenvalue weighted by Gasteiger charge is 2.31. The van der Waals surface area contributed by atoms with Gasteiger partial charge in [-0.05, 0) is 43.3 Å². The van der Waals surface area contributed by atoms with Crippen molar-refractivity contribution in [2.75, 3.05) is 26.4 Å². The average Bonchev–Trinajstić information content (AvgIpc) is 3.56. The fourth-order valence-corrected chi connectivity index (χ4v) is 4.57. The number of aromatic nitrogens is 2. The molecule has 5 rings (SSSR count). The molecule has 1 saturated heterocycles. The molecule has 1 N–H and O–H groups in total. The third-order valence-electron chi connectivity index (χ3n) is 5.89. The molecule has 4 heterocycles. The predicted octanol–water partition coefficient (Wildman–Crippen LogP) is 3.05. The van der Waals surface area contributed by atoms with Crippen molar-refractivity contribution in [2.24, 2.45) is 4.99 Å². The second kappa shape index (κ2) is 9.30. The number of carbonyl (C=O) groups is 1. The van der Waals surface area contributed by atoms with Crippen molar-refractivity contribution in [3.63, 3.8) is 0 Å². The van der Waals surface area contributed by atoms with Gasteiger partial charge in [0.15, 0.2) is 21.0 Å². The number of nitrogens with one attached hydrogen (secondary N) is 1. The van der Waals surface area contributed by atoms with Gasteiger partial charge in [0.2, 0.25) is 5.90 Å². The number of hydrogen-bond donors (Lipinski definition) is 1. The molecule has 0 spiro atoms. The molecule has 1 aromatic carbocycles. The lowest BCUT2D eigenvalue weighted by Gasteiger charge is -2.15. The van der Waals surface area contributed by atoms with Gasteiger partial charge in [-0.25, -0.2) is 18.4 Å². The lowest BCUT2D eigenvalue weighted by atomic mass is 10.1. The molecule has 0 aliphatic carbocycles. The zero-order chi connectivity index (χ0) is 25.4. The molecule has 11 heteroatoms. The minimum Gasteiger partial charge on any atom is -0.480 e. The minimum atomic E-state index is -3.42. The Bertz CT molecular complexity index is 1430. The summed E-state index contributed by atoms with van der Waals surface area (Å²) in [6.45, 7) is 3.20. The van der Waals surface area contributed by atoms with Crippen LogP contribution in [0.5, 0.6) is 17.2 Å². The van der Waals surface area contributed by atoms with Crippen molar-refractivity contribution >= 4 is 21.6 Å². The topological polar surface area (TPSA) is 123 Å². The Morgan fingerprint density at radius 2 is 1.86 bits per heavy atom. The van der Waals surface area contributed by atoms with Crippen LogP contribution in [-0.2, 0) is 19.4 Å². The van der Waals surface area contributed by atoms with Crippen molar-refractivity contribution in [1.29, 1.82) is 0 Å². The molecule has 0 saturated carbocycles. The first-order chi connectivity index (χ1) is 17.2. The number of aliphatic imine (C=N–C) groups is 1. The maximum absolute atomic E-state index is 12.4. The van der Waals surface area contributed by atoms with Gasteiger partial charge in [-0.15, -0.1) is 0 Å². The van der Waals surface area contributed by atoms with Gasteiger partial charge in [0.1, 0.15) is 29.0 Å². The second-order valence-electron chi connectivity index (χ2n) is 8.91.